The van der Waals surface area contributed by atoms with Crippen LogP contribution >= 0.6 is 0 Å². The molecule has 6 nitrogen and oxygen atoms in total. The number of aromatic nitrogens is 2. The van der Waals surface area contributed by atoms with Gasteiger partial charge in [0.2, 0.25) is 0 Å². The fourth-order valence-corrected chi connectivity index (χ4v) is 3.07. The first kappa shape index (κ1) is 18.1. The Morgan fingerprint density at radius 2 is 2.20 bits per heavy atom. The van der Waals surface area contributed by atoms with E-state index in [0.717, 1.165) is 30.8 Å². The summed E-state index contributed by atoms with van der Waals surface area (Å²) in [6.07, 6.45) is 3.49. The highest BCUT2D eigenvalue weighted by Crippen LogP contribution is 2.09. The van der Waals surface area contributed by atoms with E-state index < -0.39 is 6.10 Å². The zero-order valence-corrected chi connectivity index (χ0v) is 14.8. The van der Waals surface area contributed by atoms with E-state index in [1.807, 2.05) is 54.3 Å². The lowest BCUT2D eigenvalue weighted by Crippen LogP contribution is -2.47. The fraction of sp³-hybridized carbons (Fsp3) is 0.526. The van der Waals surface area contributed by atoms with Crippen molar-refractivity contribution in [1.29, 1.82) is 0 Å². The van der Waals surface area contributed by atoms with Crippen LogP contribution in [-0.2, 0) is 22.6 Å². The minimum absolute atomic E-state index is 0.102. The van der Waals surface area contributed by atoms with Gasteiger partial charge in [-0.25, -0.2) is 0 Å². The maximum atomic E-state index is 10.2. The Morgan fingerprint density at radius 1 is 1.36 bits per heavy atom. The van der Waals surface area contributed by atoms with Crippen LogP contribution in [0, 0.1) is 6.92 Å². The summed E-state index contributed by atoms with van der Waals surface area (Å²) in [6.45, 7) is 6.57. The number of aryl methyl sites for hydroxylation is 1. The molecule has 0 amide bonds. The van der Waals surface area contributed by atoms with Crippen molar-refractivity contribution in [2.45, 2.75) is 32.3 Å². The zero-order chi connectivity index (χ0) is 17.5. The standard InChI is InChI=1S/C19H27N3O3/c1-16-9-20-22(10-16)13-19-12-21(7-8-25-19)11-18(23)15-24-14-17-5-3-2-4-6-17/h2-6,9-10,18-19,23H,7-8,11-15H2,1H3. The zero-order valence-electron chi connectivity index (χ0n) is 14.8. The van der Waals surface area contributed by atoms with Gasteiger partial charge in [-0.3, -0.25) is 9.58 Å². The minimum atomic E-state index is -0.491. The van der Waals surface area contributed by atoms with Gasteiger partial charge in [-0.2, -0.15) is 5.10 Å². The van der Waals surface area contributed by atoms with Crippen LogP contribution in [0.3, 0.4) is 0 Å². The molecule has 1 aromatic carbocycles. The summed E-state index contributed by atoms with van der Waals surface area (Å²) < 4.78 is 13.4. The monoisotopic (exact) mass is 345 g/mol. The Morgan fingerprint density at radius 3 is 2.96 bits per heavy atom. The van der Waals surface area contributed by atoms with Crippen LogP contribution in [0.4, 0.5) is 0 Å². The average Bonchev–Trinajstić information content (AvgIpc) is 3.01. The quantitative estimate of drug-likeness (QED) is 0.785. The molecule has 0 saturated carbocycles. The summed E-state index contributed by atoms with van der Waals surface area (Å²) in [4.78, 5) is 2.24. The van der Waals surface area contributed by atoms with Crippen LogP contribution in [0.1, 0.15) is 11.1 Å². The van der Waals surface area contributed by atoms with Crippen molar-refractivity contribution < 1.29 is 14.6 Å². The minimum Gasteiger partial charge on any atom is -0.389 e. The topological polar surface area (TPSA) is 59.8 Å². The molecule has 0 aliphatic carbocycles. The predicted molar refractivity (Wildman–Crippen MR) is 95.2 cm³/mol. The summed E-state index contributed by atoms with van der Waals surface area (Å²) in [7, 11) is 0. The summed E-state index contributed by atoms with van der Waals surface area (Å²) in [5, 5.41) is 14.5. The van der Waals surface area contributed by atoms with E-state index >= 15 is 0 Å². The molecule has 2 aromatic rings. The number of hydrogen-bond acceptors (Lipinski definition) is 5. The van der Waals surface area contributed by atoms with E-state index in [9.17, 15) is 5.11 Å². The summed E-state index contributed by atoms with van der Waals surface area (Å²) in [5.74, 6) is 0. The molecule has 1 aliphatic rings. The molecule has 1 saturated heterocycles. The van der Waals surface area contributed by atoms with Gasteiger partial charge in [0.15, 0.2) is 0 Å². The number of ether oxygens (including phenoxy) is 2. The first-order valence-corrected chi connectivity index (χ1v) is 8.82. The third-order valence-corrected chi connectivity index (χ3v) is 4.27. The number of aliphatic hydroxyl groups is 1. The van der Waals surface area contributed by atoms with E-state index in [0.29, 0.717) is 26.4 Å². The number of nitrogens with zero attached hydrogens (tertiary/aromatic N) is 3. The van der Waals surface area contributed by atoms with Gasteiger partial charge in [0.05, 0.1) is 44.8 Å². The third-order valence-electron chi connectivity index (χ3n) is 4.27. The van der Waals surface area contributed by atoms with Crippen LogP contribution in [-0.4, -0.2) is 64.8 Å². The first-order valence-electron chi connectivity index (χ1n) is 8.82. The maximum absolute atomic E-state index is 10.2. The normalized spacial score (nSPS) is 19.8. The molecule has 0 radical (unpaired) electrons. The Labute approximate surface area is 149 Å². The van der Waals surface area contributed by atoms with Crippen molar-refractivity contribution in [1.82, 2.24) is 14.7 Å². The summed E-state index contributed by atoms with van der Waals surface area (Å²) >= 11 is 0. The van der Waals surface area contributed by atoms with E-state index in [4.69, 9.17) is 9.47 Å². The molecule has 2 unspecified atom stereocenters. The average molecular weight is 345 g/mol. The first-order chi connectivity index (χ1) is 12.2. The van der Waals surface area contributed by atoms with Crippen LogP contribution in [0.25, 0.3) is 0 Å². The molecule has 0 spiro atoms. The van der Waals surface area contributed by atoms with Gasteiger partial charge in [0, 0.05) is 25.8 Å². The molecule has 25 heavy (non-hydrogen) atoms. The molecule has 0 bridgehead atoms. The van der Waals surface area contributed by atoms with Gasteiger partial charge >= 0.3 is 0 Å². The molecule has 136 valence electrons. The lowest BCUT2D eigenvalue weighted by Gasteiger charge is -2.34. The highest BCUT2D eigenvalue weighted by atomic mass is 16.5. The molecule has 1 aromatic heterocycles. The van der Waals surface area contributed by atoms with E-state index in [1.165, 1.54) is 0 Å². The van der Waals surface area contributed by atoms with Gasteiger partial charge in [-0.1, -0.05) is 30.3 Å². The Balaban J connectivity index is 1.38. The Hall–Kier alpha value is -1.73. The molecule has 1 aliphatic heterocycles. The number of aliphatic hydroxyl groups excluding tert-OH is 1. The summed E-state index contributed by atoms with van der Waals surface area (Å²) in [5.41, 5.74) is 2.27. The van der Waals surface area contributed by atoms with Crippen molar-refractivity contribution in [2.24, 2.45) is 0 Å². The van der Waals surface area contributed by atoms with Gasteiger partial charge in [0.1, 0.15) is 0 Å². The number of β-amino-alcohol motifs (C(OH)–C–C–N with tert-alkyl or cyclic N) is 1. The molecule has 1 fully saturated rings. The number of rotatable bonds is 8. The number of hydrogen-bond donors (Lipinski definition) is 1. The number of morpholine rings is 1. The lowest BCUT2D eigenvalue weighted by molar-refractivity contribution is -0.0583. The van der Waals surface area contributed by atoms with Crippen LogP contribution in [0.15, 0.2) is 42.7 Å². The van der Waals surface area contributed by atoms with Gasteiger partial charge in [-0.15, -0.1) is 0 Å². The summed E-state index contributed by atoms with van der Waals surface area (Å²) in [6, 6.07) is 10.0. The van der Waals surface area contributed by atoms with Crippen molar-refractivity contribution in [2.75, 3.05) is 32.8 Å². The lowest BCUT2D eigenvalue weighted by atomic mass is 10.2. The predicted octanol–water partition coefficient (Wildman–Crippen LogP) is 1.47. The molecule has 1 N–H and O–H groups in total. The second kappa shape index (κ2) is 9.10. The van der Waals surface area contributed by atoms with Crippen LogP contribution in [0.5, 0.6) is 0 Å². The largest absolute Gasteiger partial charge is 0.389 e. The highest BCUT2D eigenvalue weighted by molar-refractivity contribution is 5.13. The van der Waals surface area contributed by atoms with E-state index in [-0.39, 0.29) is 6.10 Å². The molecular weight excluding hydrogens is 318 g/mol. The van der Waals surface area contributed by atoms with Crippen molar-refractivity contribution in [3.05, 3.63) is 53.9 Å². The van der Waals surface area contributed by atoms with Crippen molar-refractivity contribution in [3.63, 3.8) is 0 Å². The Kier molecular flexibility index (Phi) is 6.58. The van der Waals surface area contributed by atoms with Gasteiger partial charge < -0.3 is 14.6 Å². The fourth-order valence-electron chi connectivity index (χ4n) is 3.07. The van der Waals surface area contributed by atoms with E-state index in [1.54, 1.807) is 0 Å². The van der Waals surface area contributed by atoms with Gasteiger partial charge in [0.25, 0.3) is 0 Å². The number of benzene rings is 1. The molecular formula is C19H27N3O3. The van der Waals surface area contributed by atoms with Gasteiger partial charge in [-0.05, 0) is 18.1 Å². The highest BCUT2D eigenvalue weighted by Gasteiger charge is 2.23. The molecule has 6 heteroatoms. The second-order valence-electron chi connectivity index (χ2n) is 6.65. The van der Waals surface area contributed by atoms with Crippen LogP contribution < -0.4 is 0 Å². The van der Waals surface area contributed by atoms with E-state index in [2.05, 4.69) is 10.00 Å². The smallest absolute Gasteiger partial charge is 0.0900 e. The molecule has 3 rings (SSSR count). The van der Waals surface area contributed by atoms with Crippen molar-refractivity contribution in [3.8, 4) is 0 Å². The maximum Gasteiger partial charge on any atom is 0.0900 e. The second-order valence-corrected chi connectivity index (χ2v) is 6.65. The molecule has 2 atom stereocenters. The van der Waals surface area contributed by atoms with Crippen LogP contribution in [0.2, 0.25) is 0 Å². The SMILES string of the molecule is Cc1cnn(CC2CN(CC(O)COCc3ccccc3)CCO2)c1. The van der Waals surface area contributed by atoms with Crippen molar-refractivity contribution >= 4 is 0 Å². The third kappa shape index (κ3) is 5.93. The Bertz CT molecular complexity index is 632. The molecule has 2 heterocycles.